The van der Waals surface area contributed by atoms with Gasteiger partial charge in [-0.05, 0) is 18.6 Å². The summed E-state index contributed by atoms with van der Waals surface area (Å²) in [7, 11) is 0. The molecule has 4 nitrogen and oxygen atoms in total. The Balaban J connectivity index is 2.53. The van der Waals surface area contributed by atoms with Crippen molar-refractivity contribution in [3.63, 3.8) is 0 Å². The number of nitrogens with one attached hydrogen (secondary N) is 1. The van der Waals surface area contributed by atoms with Crippen molar-refractivity contribution in [2.24, 2.45) is 5.73 Å². The first-order valence-electron chi connectivity index (χ1n) is 5.49. The van der Waals surface area contributed by atoms with Crippen molar-refractivity contribution >= 4 is 11.6 Å². The fourth-order valence-electron chi connectivity index (χ4n) is 1.21. The van der Waals surface area contributed by atoms with Crippen LogP contribution in [-0.2, 0) is 4.79 Å². The van der Waals surface area contributed by atoms with Crippen molar-refractivity contribution in [1.29, 1.82) is 0 Å². The summed E-state index contributed by atoms with van der Waals surface area (Å²) < 4.78 is 5.52. The number of carbonyl (C=O) groups excluding carboxylic acids is 1. The van der Waals surface area contributed by atoms with E-state index in [1.54, 1.807) is 12.1 Å². The molecule has 0 saturated heterocycles. The van der Waals surface area contributed by atoms with Crippen LogP contribution < -0.4 is 15.8 Å². The van der Waals surface area contributed by atoms with Gasteiger partial charge in [-0.3, -0.25) is 4.79 Å². The van der Waals surface area contributed by atoms with Gasteiger partial charge >= 0.3 is 0 Å². The highest BCUT2D eigenvalue weighted by molar-refractivity contribution is 5.92. The summed E-state index contributed by atoms with van der Waals surface area (Å²) in [4.78, 5) is 11.1. The molecule has 0 atom stereocenters. The SMILES string of the molecule is CCCCOc1cccc(NC(=O)CN)c1. The molecule has 88 valence electrons. The minimum Gasteiger partial charge on any atom is -0.494 e. The van der Waals surface area contributed by atoms with Gasteiger partial charge in [0.1, 0.15) is 5.75 Å². The first kappa shape index (κ1) is 12.5. The molecular weight excluding hydrogens is 204 g/mol. The van der Waals surface area contributed by atoms with Crippen molar-refractivity contribution in [3.8, 4) is 5.75 Å². The van der Waals surface area contributed by atoms with E-state index in [4.69, 9.17) is 10.5 Å². The molecule has 4 heteroatoms. The summed E-state index contributed by atoms with van der Waals surface area (Å²) in [6.45, 7) is 2.80. The van der Waals surface area contributed by atoms with Crippen LogP contribution >= 0.6 is 0 Å². The number of hydrogen-bond donors (Lipinski definition) is 2. The lowest BCUT2D eigenvalue weighted by Crippen LogP contribution is -2.21. The van der Waals surface area contributed by atoms with Crippen LogP contribution in [0.5, 0.6) is 5.75 Å². The van der Waals surface area contributed by atoms with E-state index in [2.05, 4.69) is 12.2 Å². The lowest BCUT2D eigenvalue weighted by molar-refractivity contribution is -0.114. The van der Waals surface area contributed by atoms with Crippen LogP contribution in [0.3, 0.4) is 0 Å². The molecule has 0 fully saturated rings. The summed E-state index contributed by atoms with van der Waals surface area (Å²) in [5, 5.41) is 2.68. The van der Waals surface area contributed by atoms with Gasteiger partial charge < -0.3 is 15.8 Å². The fourth-order valence-corrected chi connectivity index (χ4v) is 1.21. The maximum Gasteiger partial charge on any atom is 0.238 e. The van der Waals surface area contributed by atoms with Crippen molar-refractivity contribution in [2.45, 2.75) is 19.8 Å². The van der Waals surface area contributed by atoms with E-state index in [9.17, 15) is 4.79 Å². The normalized spacial score (nSPS) is 9.88. The number of anilines is 1. The summed E-state index contributed by atoms with van der Waals surface area (Å²) in [5.74, 6) is 0.564. The van der Waals surface area contributed by atoms with Crippen LogP contribution in [-0.4, -0.2) is 19.1 Å². The van der Waals surface area contributed by atoms with Crippen LogP contribution in [0.1, 0.15) is 19.8 Å². The Morgan fingerprint density at radius 1 is 1.50 bits per heavy atom. The third-order valence-corrected chi connectivity index (χ3v) is 2.07. The zero-order valence-electron chi connectivity index (χ0n) is 9.53. The van der Waals surface area contributed by atoms with Crippen LogP contribution in [0.2, 0.25) is 0 Å². The molecule has 0 aliphatic rings. The van der Waals surface area contributed by atoms with Gasteiger partial charge in [-0.2, -0.15) is 0 Å². The Morgan fingerprint density at radius 2 is 2.31 bits per heavy atom. The van der Waals surface area contributed by atoms with Gasteiger partial charge in [0.05, 0.1) is 13.2 Å². The molecule has 1 rings (SSSR count). The second-order valence-electron chi connectivity index (χ2n) is 3.48. The van der Waals surface area contributed by atoms with Gasteiger partial charge in [0, 0.05) is 11.8 Å². The van der Waals surface area contributed by atoms with Crippen LogP contribution in [0, 0.1) is 0 Å². The molecule has 0 aromatic heterocycles. The van der Waals surface area contributed by atoms with Gasteiger partial charge in [-0.15, -0.1) is 0 Å². The summed E-state index contributed by atoms with van der Waals surface area (Å²) >= 11 is 0. The molecule has 0 saturated carbocycles. The van der Waals surface area contributed by atoms with Crippen LogP contribution in [0.4, 0.5) is 5.69 Å². The highest BCUT2D eigenvalue weighted by atomic mass is 16.5. The van der Waals surface area contributed by atoms with Gasteiger partial charge in [-0.1, -0.05) is 19.4 Å². The number of carbonyl (C=O) groups is 1. The Bertz CT molecular complexity index is 340. The van der Waals surface area contributed by atoms with E-state index in [-0.39, 0.29) is 12.5 Å². The highest BCUT2D eigenvalue weighted by Gasteiger charge is 2.00. The predicted octanol–water partition coefficient (Wildman–Crippen LogP) is 1.76. The van der Waals surface area contributed by atoms with E-state index in [1.807, 2.05) is 12.1 Å². The monoisotopic (exact) mass is 222 g/mol. The van der Waals surface area contributed by atoms with E-state index in [1.165, 1.54) is 0 Å². The summed E-state index contributed by atoms with van der Waals surface area (Å²) in [6.07, 6.45) is 2.13. The average Bonchev–Trinajstić information content (AvgIpc) is 2.30. The number of hydrogen-bond acceptors (Lipinski definition) is 3. The van der Waals surface area contributed by atoms with Crippen LogP contribution in [0.25, 0.3) is 0 Å². The lowest BCUT2D eigenvalue weighted by Gasteiger charge is -2.08. The standard InChI is InChI=1S/C12H18N2O2/c1-2-3-7-16-11-6-4-5-10(8-11)14-12(15)9-13/h4-6,8H,2-3,7,9,13H2,1H3,(H,14,15). The number of nitrogens with two attached hydrogens (primary N) is 1. The van der Waals surface area contributed by atoms with Crippen molar-refractivity contribution in [3.05, 3.63) is 24.3 Å². The molecule has 0 aliphatic carbocycles. The second-order valence-corrected chi connectivity index (χ2v) is 3.48. The minimum absolute atomic E-state index is 0.0130. The van der Waals surface area contributed by atoms with E-state index in [0.717, 1.165) is 18.6 Å². The van der Waals surface area contributed by atoms with E-state index in [0.29, 0.717) is 12.3 Å². The van der Waals surface area contributed by atoms with Gasteiger partial charge in [0.25, 0.3) is 0 Å². The molecule has 3 N–H and O–H groups in total. The van der Waals surface area contributed by atoms with E-state index >= 15 is 0 Å². The number of amides is 1. The number of unbranched alkanes of at least 4 members (excludes halogenated alkanes) is 1. The highest BCUT2D eigenvalue weighted by Crippen LogP contribution is 2.17. The molecule has 1 amide bonds. The van der Waals surface area contributed by atoms with Crippen molar-refractivity contribution in [1.82, 2.24) is 0 Å². The first-order chi connectivity index (χ1) is 7.76. The van der Waals surface area contributed by atoms with Crippen molar-refractivity contribution < 1.29 is 9.53 Å². The molecule has 1 aromatic rings. The quantitative estimate of drug-likeness (QED) is 0.721. The first-order valence-corrected chi connectivity index (χ1v) is 5.49. The minimum atomic E-state index is -0.203. The van der Waals surface area contributed by atoms with Crippen LogP contribution in [0.15, 0.2) is 24.3 Å². The second kappa shape index (κ2) is 6.85. The number of ether oxygens (including phenoxy) is 1. The average molecular weight is 222 g/mol. The van der Waals surface area contributed by atoms with Gasteiger partial charge in [0.2, 0.25) is 5.91 Å². The number of rotatable bonds is 6. The maximum absolute atomic E-state index is 11.1. The molecule has 0 aliphatic heterocycles. The smallest absolute Gasteiger partial charge is 0.238 e. The molecule has 1 aromatic carbocycles. The predicted molar refractivity (Wildman–Crippen MR) is 64.5 cm³/mol. The fraction of sp³-hybridized carbons (Fsp3) is 0.417. The van der Waals surface area contributed by atoms with Gasteiger partial charge in [-0.25, -0.2) is 0 Å². The Hall–Kier alpha value is -1.55. The topological polar surface area (TPSA) is 64.3 Å². The molecule has 0 spiro atoms. The largest absolute Gasteiger partial charge is 0.494 e. The third-order valence-electron chi connectivity index (χ3n) is 2.07. The zero-order chi connectivity index (χ0) is 11.8. The van der Waals surface area contributed by atoms with Gasteiger partial charge in [0.15, 0.2) is 0 Å². The molecule has 0 radical (unpaired) electrons. The molecule has 0 unspecified atom stereocenters. The van der Waals surface area contributed by atoms with E-state index < -0.39 is 0 Å². The Morgan fingerprint density at radius 3 is 3.00 bits per heavy atom. The molecule has 16 heavy (non-hydrogen) atoms. The lowest BCUT2D eigenvalue weighted by atomic mass is 10.3. The number of benzene rings is 1. The third kappa shape index (κ3) is 4.31. The molecular formula is C12H18N2O2. The van der Waals surface area contributed by atoms with Crippen molar-refractivity contribution in [2.75, 3.05) is 18.5 Å². The zero-order valence-corrected chi connectivity index (χ0v) is 9.53. The maximum atomic E-state index is 11.1. The Kier molecular flexibility index (Phi) is 5.36. The molecule has 0 heterocycles. The Labute approximate surface area is 95.8 Å². The summed E-state index contributed by atoms with van der Waals surface area (Å²) in [5.41, 5.74) is 5.93. The summed E-state index contributed by atoms with van der Waals surface area (Å²) in [6, 6.07) is 7.31. The molecule has 0 bridgehead atoms.